The van der Waals surface area contributed by atoms with Crippen LogP contribution in [-0.2, 0) is 14.3 Å². The van der Waals surface area contributed by atoms with Crippen molar-refractivity contribution in [1.82, 2.24) is 0 Å². The van der Waals surface area contributed by atoms with E-state index < -0.39 is 5.79 Å². The summed E-state index contributed by atoms with van der Waals surface area (Å²) in [4.78, 5) is 8.93. The molecule has 0 saturated carbocycles. The van der Waals surface area contributed by atoms with Gasteiger partial charge in [-0.3, -0.25) is 0 Å². The zero-order valence-corrected chi connectivity index (χ0v) is 15.6. The van der Waals surface area contributed by atoms with Crippen molar-refractivity contribution in [3.63, 3.8) is 0 Å². The second kappa shape index (κ2) is 13.4. The van der Waals surface area contributed by atoms with E-state index in [0.29, 0.717) is 24.8 Å². The van der Waals surface area contributed by atoms with Crippen LogP contribution in [0.3, 0.4) is 0 Å². The number of hydrogen-bond donors (Lipinski definition) is 2. The van der Waals surface area contributed by atoms with Crippen LogP contribution in [0.1, 0.15) is 54.4 Å². The average molecular weight is 334 g/mol. The molecule has 1 heterocycles. The van der Waals surface area contributed by atoms with Gasteiger partial charge in [-0.15, -0.1) is 0 Å². The van der Waals surface area contributed by atoms with Gasteiger partial charge in [-0.25, -0.2) is 4.99 Å². The Morgan fingerprint density at radius 2 is 1.87 bits per heavy atom. The molecule has 1 aliphatic rings. The normalized spacial score (nSPS) is 24.0. The first-order chi connectivity index (χ1) is 10.7. The van der Waals surface area contributed by atoms with Crippen molar-refractivity contribution in [1.29, 1.82) is 0 Å². The number of rotatable bonds is 5. The lowest BCUT2D eigenvalue weighted by Gasteiger charge is -2.13. The Bertz CT molecular complexity index is 323. The third-order valence-electron chi connectivity index (χ3n) is 2.70. The summed E-state index contributed by atoms with van der Waals surface area (Å²) in [5, 5.41) is 20.0. The Hall–Kier alpha value is -1.02. The van der Waals surface area contributed by atoms with E-state index >= 15 is 0 Å². The van der Waals surface area contributed by atoms with Gasteiger partial charge in [0.25, 0.3) is 0 Å². The fourth-order valence-corrected chi connectivity index (χ4v) is 1.59. The van der Waals surface area contributed by atoms with E-state index in [2.05, 4.69) is 23.8 Å². The van der Waals surface area contributed by atoms with Gasteiger partial charge in [0.05, 0.1) is 0 Å². The second-order valence-electron chi connectivity index (χ2n) is 5.36. The minimum Gasteiger partial charge on any atom is -0.392 e. The zero-order valence-electron chi connectivity index (χ0n) is 15.6. The molecule has 2 N–H and O–H groups in total. The van der Waals surface area contributed by atoms with Crippen molar-refractivity contribution >= 4 is 12.6 Å². The summed E-state index contributed by atoms with van der Waals surface area (Å²) in [7, 11) is 1.65. The molecular weight excluding hydrogens is 300 g/mol. The molecule has 0 aromatic heterocycles. The highest BCUT2D eigenvalue weighted by Gasteiger charge is 2.32. The van der Waals surface area contributed by atoms with Crippen molar-refractivity contribution in [2.75, 3.05) is 13.7 Å². The largest absolute Gasteiger partial charge is 0.392 e. The number of ether oxygens (including phenoxy) is 2. The van der Waals surface area contributed by atoms with Gasteiger partial charge in [0.15, 0.2) is 17.9 Å². The summed E-state index contributed by atoms with van der Waals surface area (Å²) in [6.07, 6.45) is 1.53. The average Bonchev–Trinajstić information content (AvgIpc) is 2.84. The predicted molar refractivity (Wildman–Crippen MR) is 92.5 cm³/mol. The van der Waals surface area contributed by atoms with E-state index in [1.165, 1.54) is 13.8 Å². The summed E-state index contributed by atoms with van der Waals surface area (Å²) < 4.78 is 10.7. The quantitative estimate of drug-likeness (QED) is 0.349. The number of aliphatic hydroxyl groups is 2. The number of amidine groups is 1. The standard InChI is InChI=1S/C11H20N2O3.C3H8O2.C2H6/c1-5-10(12-3)13-15-7-9-8(2)6-11(14-4)16-9;1-3(2,4)5;1-2/h8-9,11H,3,5-7H2,1-2,4H3;4-5H,1-2H3;1-2H3/b13-10-;;. The molecular formula is C16H34N2O5. The Balaban J connectivity index is 0. The number of aliphatic imine (C=N–C) groups is 1. The highest BCUT2D eigenvalue weighted by atomic mass is 16.7. The summed E-state index contributed by atoms with van der Waals surface area (Å²) in [5.41, 5.74) is 0. The van der Waals surface area contributed by atoms with Gasteiger partial charge in [0.2, 0.25) is 0 Å². The number of hydrogen-bond acceptors (Lipinski definition) is 6. The maximum Gasteiger partial charge on any atom is 0.166 e. The first-order valence-corrected chi connectivity index (χ1v) is 7.99. The third-order valence-corrected chi connectivity index (χ3v) is 2.70. The lowest BCUT2D eigenvalue weighted by atomic mass is 10.1. The summed E-state index contributed by atoms with van der Waals surface area (Å²) in [5.74, 6) is -0.476. The van der Waals surface area contributed by atoms with E-state index in [9.17, 15) is 0 Å². The van der Waals surface area contributed by atoms with Crippen molar-refractivity contribution < 1.29 is 24.5 Å². The van der Waals surface area contributed by atoms with Gasteiger partial charge >= 0.3 is 0 Å². The zero-order chi connectivity index (χ0) is 18.5. The van der Waals surface area contributed by atoms with Crippen LogP contribution in [0.2, 0.25) is 0 Å². The van der Waals surface area contributed by atoms with Crippen LogP contribution in [0.15, 0.2) is 10.1 Å². The van der Waals surface area contributed by atoms with Gasteiger partial charge in [0.1, 0.15) is 12.7 Å². The van der Waals surface area contributed by atoms with Crippen LogP contribution in [0.4, 0.5) is 0 Å². The molecule has 0 bridgehead atoms. The van der Waals surface area contributed by atoms with E-state index in [1.807, 2.05) is 20.8 Å². The molecule has 7 heteroatoms. The van der Waals surface area contributed by atoms with Crippen LogP contribution in [0.5, 0.6) is 0 Å². The molecule has 0 aromatic rings. The lowest BCUT2D eigenvalue weighted by Crippen LogP contribution is -2.20. The highest BCUT2D eigenvalue weighted by molar-refractivity contribution is 5.85. The molecule has 3 atom stereocenters. The monoisotopic (exact) mass is 334 g/mol. The van der Waals surface area contributed by atoms with E-state index in [0.717, 1.165) is 6.42 Å². The highest BCUT2D eigenvalue weighted by Crippen LogP contribution is 2.26. The Morgan fingerprint density at radius 1 is 1.35 bits per heavy atom. The second-order valence-corrected chi connectivity index (χ2v) is 5.36. The maximum atomic E-state index is 8.08. The molecule has 0 amide bonds. The summed E-state index contributed by atoms with van der Waals surface area (Å²) in [6.45, 7) is 14.5. The molecule has 1 rings (SSSR count). The lowest BCUT2D eigenvalue weighted by molar-refractivity contribution is -0.130. The van der Waals surface area contributed by atoms with Crippen molar-refractivity contribution in [3.05, 3.63) is 0 Å². The maximum absolute atomic E-state index is 8.08. The van der Waals surface area contributed by atoms with E-state index in [4.69, 9.17) is 24.5 Å². The fourth-order valence-electron chi connectivity index (χ4n) is 1.59. The SMILES string of the molecule is C=N/C(CC)=N\OCC1OC(OC)CC1C.CC.CC(C)(O)O. The Morgan fingerprint density at radius 3 is 2.22 bits per heavy atom. The van der Waals surface area contributed by atoms with Crippen LogP contribution in [0.25, 0.3) is 0 Å². The molecule has 138 valence electrons. The Kier molecular flexibility index (Phi) is 14.1. The van der Waals surface area contributed by atoms with Gasteiger partial charge in [-0.2, -0.15) is 0 Å². The van der Waals surface area contributed by atoms with E-state index in [-0.39, 0.29) is 12.4 Å². The fraction of sp³-hybridized carbons (Fsp3) is 0.875. The van der Waals surface area contributed by atoms with E-state index in [1.54, 1.807) is 7.11 Å². The molecule has 0 aromatic carbocycles. The van der Waals surface area contributed by atoms with Crippen molar-refractivity contribution in [2.45, 2.75) is 72.6 Å². The number of methoxy groups -OCH3 is 1. The topological polar surface area (TPSA) is 92.9 Å². The van der Waals surface area contributed by atoms with Gasteiger partial charge in [0, 0.05) is 20.0 Å². The molecule has 0 spiro atoms. The molecule has 1 fully saturated rings. The van der Waals surface area contributed by atoms with Crippen LogP contribution in [-0.4, -0.2) is 54.7 Å². The van der Waals surface area contributed by atoms with Crippen molar-refractivity contribution in [2.24, 2.45) is 16.1 Å². The molecule has 1 aliphatic heterocycles. The third kappa shape index (κ3) is 14.3. The first kappa shape index (κ1) is 24.2. The number of oxime groups is 1. The minimum absolute atomic E-state index is 0.0385. The van der Waals surface area contributed by atoms with Gasteiger partial charge < -0.3 is 24.5 Å². The number of nitrogens with zero attached hydrogens (tertiary/aromatic N) is 2. The van der Waals surface area contributed by atoms with Crippen LogP contribution in [0, 0.1) is 5.92 Å². The smallest absolute Gasteiger partial charge is 0.166 e. The van der Waals surface area contributed by atoms with Crippen LogP contribution < -0.4 is 0 Å². The predicted octanol–water partition coefficient (Wildman–Crippen LogP) is 2.56. The molecule has 7 nitrogen and oxygen atoms in total. The van der Waals surface area contributed by atoms with Gasteiger partial charge in [-0.05, 0) is 26.5 Å². The first-order valence-electron chi connectivity index (χ1n) is 7.99. The molecule has 0 aliphatic carbocycles. The van der Waals surface area contributed by atoms with Gasteiger partial charge in [-0.1, -0.05) is 32.9 Å². The molecule has 3 unspecified atom stereocenters. The molecule has 23 heavy (non-hydrogen) atoms. The summed E-state index contributed by atoms with van der Waals surface area (Å²) in [6, 6.07) is 0. The summed E-state index contributed by atoms with van der Waals surface area (Å²) >= 11 is 0. The van der Waals surface area contributed by atoms with Crippen molar-refractivity contribution in [3.8, 4) is 0 Å². The Labute approximate surface area is 140 Å². The van der Waals surface area contributed by atoms with Crippen LogP contribution >= 0.6 is 0 Å². The minimum atomic E-state index is -1.50. The molecule has 1 saturated heterocycles. The molecule has 0 radical (unpaired) electrons.